The highest BCUT2D eigenvalue weighted by molar-refractivity contribution is 7.98. The van der Waals surface area contributed by atoms with Gasteiger partial charge in [0.2, 0.25) is 0 Å². The van der Waals surface area contributed by atoms with Crippen molar-refractivity contribution in [1.29, 1.82) is 0 Å². The summed E-state index contributed by atoms with van der Waals surface area (Å²) < 4.78 is 0. The molecule has 0 saturated carbocycles. The first-order valence-corrected chi connectivity index (χ1v) is 7.51. The summed E-state index contributed by atoms with van der Waals surface area (Å²) in [7, 11) is 1.91. The SMILES string of the molecule is C[C@H](CO)N(C)c1cncc(SCc2ccccc2)n1. The van der Waals surface area contributed by atoms with E-state index in [1.807, 2.05) is 37.1 Å². The van der Waals surface area contributed by atoms with Crippen LogP contribution < -0.4 is 4.90 Å². The van der Waals surface area contributed by atoms with Crippen LogP contribution >= 0.6 is 11.8 Å². The highest BCUT2D eigenvalue weighted by atomic mass is 32.2. The Balaban J connectivity index is 2.03. The van der Waals surface area contributed by atoms with Crippen molar-refractivity contribution < 1.29 is 5.11 Å². The number of thioether (sulfide) groups is 1. The van der Waals surface area contributed by atoms with Gasteiger partial charge in [-0.25, -0.2) is 4.98 Å². The van der Waals surface area contributed by atoms with E-state index in [0.29, 0.717) is 0 Å². The molecule has 0 amide bonds. The van der Waals surface area contributed by atoms with Gasteiger partial charge in [-0.3, -0.25) is 4.98 Å². The van der Waals surface area contributed by atoms with Gasteiger partial charge in [0.05, 0.1) is 25.0 Å². The first-order valence-electron chi connectivity index (χ1n) is 6.53. The molecule has 0 radical (unpaired) electrons. The maximum atomic E-state index is 9.19. The third kappa shape index (κ3) is 3.95. The predicted molar refractivity (Wildman–Crippen MR) is 83.0 cm³/mol. The van der Waals surface area contributed by atoms with Crippen molar-refractivity contribution in [1.82, 2.24) is 9.97 Å². The minimum atomic E-state index is 0.0265. The number of anilines is 1. The van der Waals surface area contributed by atoms with Crippen LogP contribution in [-0.2, 0) is 5.75 Å². The summed E-state index contributed by atoms with van der Waals surface area (Å²) in [6.07, 6.45) is 3.49. The van der Waals surface area contributed by atoms with Crippen LogP contribution in [0.3, 0.4) is 0 Å². The van der Waals surface area contributed by atoms with Crippen molar-refractivity contribution in [2.75, 3.05) is 18.6 Å². The molecule has 4 nitrogen and oxygen atoms in total. The van der Waals surface area contributed by atoms with Crippen LogP contribution in [0.1, 0.15) is 12.5 Å². The van der Waals surface area contributed by atoms with Crippen molar-refractivity contribution in [2.24, 2.45) is 0 Å². The van der Waals surface area contributed by atoms with Gasteiger partial charge in [0.1, 0.15) is 10.8 Å². The minimum Gasteiger partial charge on any atom is -0.394 e. The van der Waals surface area contributed by atoms with Crippen molar-refractivity contribution in [3.63, 3.8) is 0 Å². The third-order valence-corrected chi connectivity index (χ3v) is 4.09. The molecule has 1 heterocycles. The Labute approximate surface area is 123 Å². The molecule has 0 unspecified atom stereocenters. The number of aliphatic hydroxyl groups excluding tert-OH is 1. The van der Waals surface area contributed by atoms with Gasteiger partial charge in [-0.05, 0) is 12.5 Å². The van der Waals surface area contributed by atoms with Crippen molar-refractivity contribution >= 4 is 17.6 Å². The number of aliphatic hydroxyl groups is 1. The van der Waals surface area contributed by atoms with Crippen LogP contribution in [0.4, 0.5) is 5.82 Å². The van der Waals surface area contributed by atoms with Gasteiger partial charge in [0, 0.05) is 12.8 Å². The number of rotatable bonds is 6. The van der Waals surface area contributed by atoms with Gasteiger partial charge >= 0.3 is 0 Å². The molecule has 1 aromatic heterocycles. The molecule has 5 heteroatoms. The fraction of sp³-hybridized carbons (Fsp3) is 0.333. The predicted octanol–water partition coefficient (Wildman–Crippen LogP) is 2.59. The summed E-state index contributed by atoms with van der Waals surface area (Å²) in [5.74, 6) is 1.66. The van der Waals surface area contributed by atoms with E-state index in [9.17, 15) is 5.11 Å². The van der Waals surface area contributed by atoms with E-state index in [0.717, 1.165) is 16.6 Å². The second-order valence-electron chi connectivity index (χ2n) is 4.63. The lowest BCUT2D eigenvalue weighted by molar-refractivity contribution is 0.269. The van der Waals surface area contributed by atoms with Crippen LogP contribution in [0.15, 0.2) is 47.8 Å². The number of benzene rings is 1. The van der Waals surface area contributed by atoms with Crippen molar-refractivity contribution in [3.05, 3.63) is 48.3 Å². The second-order valence-corrected chi connectivity index (χ2v) is 5.63. The van der Waals surface area contributed by atoms with Crippen molar-refractivity contribution in [3.8, 4) is 0 Å². The smallest absolute Gasteiger partial charge is 0.148 e. The molecule has 0 aliphatic carbocycles. The molecule has 20 heavy (non-hydrogen) atoms. The number of nitrogens with zero attached hydrogens (tertiary/aromatic N) is 3. The first kappa shape index (κ1) is 14.8. The molecule has 1 N–H and O–H groups in total. The first-order chi connectivity index (χ1) is 9.70. The Hall–Kier alpha value is -1.59. The lowest BCUT2D eigenvalue weighted by atomic mass is 10.2. The quantitative estimate of drug-likeness (QED) is 0.828. The summed E-state index contributed by atoms with van der Waals surface area (Å²) in [4.78, 5) is 10.7. The molecule has 0 spiro atoms. The summed E-state index contributed by atoms with van der Waals surface area (Å²) in [6, 6.07) is 10.3. The second kappa shape index (κ2) is 7.26. The standard InChI is InChI=1S/C15H19N3OS/c1-12(10-19)18(2)14-8-16-9-15(17-14)20-11-13-6-4-3-5-7-13/h3-9,12,19H,10-11H2,1-2H3/t12-/m1/s1. The van der Waals surface area contributed by atoms with E-state index in [4.69, 9.17) is 0 Å². The molecule has 0 aliphatic rings. The average molecular weight is 289 g/mol. The number of hydrogen-bond acceptors (Lipinski definition) is 5. The fourth-order valence-corrected chi connectivity index (χ4v) is 2.46. The zero-order valence-corrected chi connectivity index (χ0v) is 12.5. The minimum absolute atomic E-state index is 0.0265. The molecule has 0 bridgehead atoms. The maximum absolute atomic E-state index is 9.19. The Morgan fingerprint density at radius 1 is 1.25 bits per heavy atom. The lowest BCUT2D eigenvalue weighted by Gasteiger charge is -2.23. The summed E-state index contributed by atoms with van der Waals surface area (Å²) in [5.41, 5.74) is 1.27. The van der Waals surface area contributed by atoms with Crippen LogP contribution in [0.5, 0.6) is 0 Å². The monoisotopic (exact) mass is 289 g/mol. The largest absolute Gasteiger partial charge is 0.394 e. The molecule has 0 saturated heterocycles. The van der Waals surface area contributed by atoms with Gasteiger partial charge in [0.15, 0.2) is 0 Å². The fourth-order valence-electron chi connectivity index (χ4n) is 1.66. The normalized spacial score (nSPS) is 12.2. The van der Waals surface area contributed by atoms with E-state index in [1.54, 1.807) is 24.2 Å². The van der Waals surface area contributed by atoms with Gasteiger partial charge in [-0.2, -0.15) is 0 Å². The van der Waals surface area contributed by atoms with Crippen molar-refractivity contribution in [2.45, 2.75) is 23.7 Å². The van der Waals surface area contributed by atoms with Crippen LogP contribution in [0.2, 0.25) is 0 Å². The van der Waals surface area contributed by atoms with Gasteiger partial charge in [-0.1, -0.05) is 30.3 Å². The molecule has 2 aromatic rings. The van der Waals surface area contributed by atoms with Crippen LogP contribution in [-0.4, -0.2) is 34.8 Å². The van der Waals surface area contributed by atoms with E-state index in [1.165, 1.54) is 5.56 Å². The Bertz CT molecular complexity index is 536. The zero-order valence-electron chi connectivity index (χ0n) is 11.7. The Morgan fingerprint density at radius 2 is 2.00 bits per heavy atom. The lowest BCUT2D eigenvalue weighted by Crippen LogP contribution is -2.32. The zero-order chi connectivity index (χ0) is 14.4. The number of likely N-dealkylation sites (N-methyl/N-ethyl adjacent to an activating group) is 1. The summed E-state index contributed by atoms with van der Waals surface area (Å²) >= 11 is 1.66. The van der Waals surface area contributed by atoms with Gasteiger partial charge < -0.3 is 10.0 Å². The maximum Gasteiger partial charge on any atom is 0.148 e. The Morgan fingerprint density at radius 3 is 2.70 bits per heavy atom. The van der Waals surface area contributed by atoms with Crippen LogP contribution in [0.25, 0.3) is 0 Å². The molecule has 0 aliphatic heterocycles. The van der Waals surface area contributed by atoms with E-state index < -0.39 is 0 Å². The van der Waals surface area contributed by atoms with E-state index in [2.05, 4.69) is 22.1 Å². The topological polar surface area (TPSA) is 49.2 Å². The Kier molecular flexibility index (Phi) is 5.38. The van der Waals surface area contributed by atoms with Gasteiger partial charge in [0.25, 0.3) is 0 Å². The molecule has 0 fully saturated rings. The number of aromatic nitrogens is 2. The highest BCUT2D eigenvalue weighted by Crippen LogP contribution is 2.22. The molecule has 2 rings (SSSR count). The van der Waals surface area contributed by atoms with Gasteiger partial charge in [-0.15, -0.1) is 11.8 Å². The third-order valence-electron chi connectivity index (χ3n) is 3.12. The molecule has 106 valence electrons. The highest BCUT2D eigenvalue weighted by Gasteiger charge is 2.11. The summed E-state index contributed by atoms with van der Waals surface area (Å²) in [6.45, 7) is 2.05. The molecule has 1 aromatic carbocycles. The molecular weight excluding hydrogens is 270 g/mol. The molecular formula is C15H19N3OS. The van der Waals surface area contributed by atoms with E-state index in [-0.39, 0.29) is 12.6 Å². The van der Waals surface area contributed by atoms with E-state index >= 15 is 0 Å². The van der Waals surface area contributed by atoms with Crippen LogP contribution in [0, 0.1) is 0 Å². The number of hydrogen-bond donors (Lipinski definition) is 1. The average Bonchev–Trinajstić information content (AvgIpc) is 2.52. The summed E-state index contributed by atoms with van der Waals surface area (Å²) in [5, 5.41) is 10.1. The molecule has 1 atom stereocenters.